The molecule has 178 valence electrons. The summed E-state index contributed by atoms with van der Waals surface area (Å²) in [5.74, 6) is -1.12. The molecule has 0 spiro atoms. The molecule has 0 aliphatic rings. The highest BCUT2D eigenvalue weighted by molar-refractivity contribution is 6.04. The second-order valence-electron chi connectivity index (χ2n) is 8.61. The van der Waals surface area contributed by atoms with Crippen LogP contribution < -0.4 is 4.74 Å². The molecule has 33 heavy (non-hydrogen) atoms. The third kappa shape index (κ3) is 4.68. The molecule has 2 aromatic carbocycles. The van der Waals surface area contributed by atoms with E-state index < -0.39 is 41.9 Å². The van der Waals surface area contributed by atoms with Crippen LogP contribution in [0.25, 0.3) is 10.9 Å². The number of carbonyl (C=O) groups excluding carboxylic acids is 1. The number of aliphatic hydroxyl groups is 1. The molecule has 9 heteroatoms. The van der Waals surface area contributed by atoms with E-state index in [9.17, 15) is 27.5 Å². The van der Waals surface area contributed by atoms with Gasteiger partial charge in [-0.05, 0) is 36.1 Å². The second kappa shape index (κ2) is 8.70. The number of nitrogens with zero attached hydrogens (tertiary/aromatic N) is 1. The molecule has 0 aliphatic carbocycles. The molecule has 0 saturated carbocycles. The molecule has 1 aromatic heterocycles. The summed E-state index contributed by atoms with van der Waals surface area (Å²) in [6.07, 6.45) is -4.58. The Labute approximate surface area is 188 Å². The number of benzene rings is 2. The average molecular weight is 467 g/mol. The van der Waals surface area contributed by atoms with Gasteiger partial charge in [0.25, 0.3) is 0 Å². The van der Waals surface area contributed by atoms with Crippen molar-refractivity contribution in [2.75, 3.05) is 14.2 Å². The summed E-state index contributed by atoms with van der Waals surface area (Å²) in [5.41, 5.74) is -3.92. The van der Waals surface area contributed by atoms with Gasteiger partial charge in [0.2, 0.25) is 0 Å². The Balaban J connectivity index is 2.09. The lowest BCUT2D eigenvalue weighted by Crippen LogP contribution is -2.52. The fraction of sp³-hybridized carbons (Fsp3) is 0.375. The first-order valence-electron chi connectivity index (χ1n) is 10.1. The van der Waals surface area contributed by atoms with Crippen molar-refractivity contribution < 1.29 is 36.9 Å². The van der Waals surface area contributed by atoms with Crippen LogP contribution in [0, 0.1) is 5.82 Å². The van der Waals surface area contributed by atoms with Gasteiger partial charge in [-0.25, -0.2) is 9.18 Å². The SMILES string of the molecule is COC(=O)c1cn(CC(O)(CC(C)(C)c2cc(F)ccc2OC)C(F)(F)F)c2ccccc12. The maximum Gasteiger partial charge on any atom is 0.418 e. The van der Waals surface area contributed by atoms with Crippen molar-refractivity contribution >= 4 is 16.9 Å². The monoisotopic (exact) mass is 467 g/mol. The molecular weight excluding hydrogens is 442 g/mol. The number of para-hydroxylation sites is 1. The Kier molecular flexibility index (Phi) is 6.48. The fourth-order valence-corrected chi connectivity index (χ4v) is 4.21. The van der Waals surface area contributed by atoms with E-state index in [4.69, 9.17) is 9.47 Å². The Morgan fingerprint density at radius 3 is 2.36 bits per heavy atom. The molecule has 1 atom stereocenters. The molecule has 0 aliphatic heterocycles. The number of halogens is 4. The van der Waals surface area contributed by atoms with Gasteiger partial charge in [-0.3, -0.25) is 0 Å². The van der Waals surface area contributed by atoms with Crippen molar-refractivity contribution in [2.24, 2.45) is 0 Å². The van der Waals surface area contributed by atoms with Crippen molar-refractivity contribution in [2.45, 2.75) is 44.0 Å². The first-order chi connectivity index (χ1) is 15.3. The molecule has 5 nitrogen and oxygen atoms in total. The first kappa shape index (κ1) is 24.6. The number of hydrogen-bond acceptors (Lipinski definition) is 4. The number of rotatable bonds is 7. The van der Waals surface area contributed by atoms with Gasteiger partial charge in [0.1, 0.15) is 11.6 Å². The maximum atomic E-state index is 14.3. The minimum Gasteiger partial charge on any atom is -0.496 e. The fourth-order valence-electron chi connectivity index (χ4n) is 4.21. The minimum atomic E-state index is -5.03. The van der Waals surface area contributed by atoms with E-state index in [0.29, 0.717) is 10.9 Å². The quantitative estimate of drug-likeness (QED) is 0.382. The highest BCUT2D eigenvalue weighted by Crippen LogP contribution is 2.45. The molecule has 3 rings (SSSR count). The number of hydrogen-bond donors (Lipinski definition) is 1. The standard InChI is InChI=1S/C24H25F4NO4/c1-22(2,18-11-15(25)9-10-20(18)32-3)13-23(31,24(26,27)28)14-29-12-17(21(30)33-4)16-7-5-6-8-19(16)29/h5-12,31H,13-14H2,1-4H3. The van der Waals surface area contributed by atoms with E-state index in [2.05, 4.69) is 0 Å². The number of carbonyl (C=O) groups is 1. The predicted molar refractivity (Wildman–Crippen MR) is 115 cm³/mol. The Bertz CT molecular complexity index is 1170. The third-order valence-corrected chi connectivity index (χ3v) is 5.78. The van der Waals surface area contributed by atoms with E-state index in [1.807, 2.05) is 0 Å². The Hall–Kier alpha value is -3.07. The summed E-state index contributed by atoms with van der Waals surface area (Å²) in [6, 6.07) is 10.00. The lowest BCUT2D eigenvalue weighted by Gasteiger charge is -2.38. The summed E-state index contributed by atoms with van der Waals surface area (Å²) in [4.78, 5) is 12.1. The molecule has 0 fully saturated rings. The van der Waals surface area contributed by atoms with Gasteiger partial charge in [0.05, 0.1) is 26.3 Å². The van der Waals surface area contributed by atoms with Crippen molar-refractivity contribution in [3.05, 3.63) is 65.6 Å². The second-order valence-corrected chi connectivity index (χ2v) is 8.61. The number of aromatic nitrogens is 1. The van der Waals surface area contributed by atoms with Crippen LogP contribution in [0.4, 0.5) is 17.6 Å². The number of ether oxygens (including phenoxy) is 2. The van der Waals surface area contributed by atoms with Crippen molar-refractivity contribution in [3.8, 4) is 5.75 Å². The zero-order chi connectivity index (χ0) is 24.6. The summed E-state index contributed by atoms with van der Waals surface area (Å²) in [5, 5.41) is 11.4. The third-order valence-electron chi connectivity index (χ3n) is 5.78. The number of methoxy groups -OCH3 is 2. The highest BCUT2D eigenvalue weighted by Gasteiger charge is 2.56. The van der Waals surface area contributed by atoms with Crippen molar-refractivity contribution in [1.82, 2.24) is 4.57 Å². The van der Waals surface area contributed by atoms with Gasteiger partial charge in [0.15, 0.2) is 5.60 Å². The van der Waals surface area contributed by atoms with Gasteiger partial charge < -0.3 is 19.1 Å². The number of fused-ring (bicyclic) bond motifs is 1. The van der Waals surface area contributed by atoms with Gasteiger partial charge in [-0.15, -0.1) is 0 Å². The molecule has 3 aromatic rings. The van der Waals surface area contributed by atoms with Crippen LogP contribution in [0.1, 0.15) is 36.2 Å². The zero-order valence-electron chi connectivity index (χ0n) is 18.7. The topological polar surface area (TPSA) is 60.7 Å². The van der Waals surface area contributed by atoms with Crippen molar-refractivity contribution in [3.63, 3.8) is 0 Å². The van der Waals surface area contributed by atoms with Crippen LogP contribution in [-0.2, 0) is 16.7 Å². The summed E-state index contributed by atoms with van der Waals surface area (Å²) in [6.45, 7) is 2.08. The highest BCUT2D eigenvalue weighted by atomic mass is 19.4. The normalized spacial score (nSPS) is 14.2. The average Bonchev–Trinajstić information content (AvgIpc) is 3.10. The minimum absolute atomic E-state index is 0.0867. The van der Waals surface area contributed by atoms with Gasteiger partial charge in [0, 0.05) is 22.7 Å². The zero-order valence-corrected chi connectivity index (χ0v) is 18.7. The van der Waals surface area contributed by atoms with Crippen LogP contribution in [-0.4, -0.2) is 41.6 Å². The molecule has 0 bridgehead atoms. The maximum absolute atomic E-state index is 14.3. The van der Waals surface area contributed by atoms with Gasteiger partial charge in [-0.1, -0.05) is 32.0 Å². The van der Waals surface area contributed by atoms with Crippen LogP contribution in [0.2, 0.25) is 0 Å². The Morgan fingerprint density at radius 1 is 1.09 bits per heavy atom. The van der Waals surface area contributed by atoms with Gasteiger partial charge >= 0.3 is 12.1 Å². The smallest absolute Gasteiger partial charge is 0.418 e. The van der Waals surface area contributed by atoms with Crippen LogP contribution in [0.15, 0.2) is 48.7 Å². The predicted octanol–water partition coefficient (Wildman–Crippen LogP) is 5.24. The largest absolute Gasteiger partial charge is 0.496 e. The summed E-state index contributed by atoms with van der Waals surface area (Å²) < 4.78 is 67.9. The van der Waals surface area contributed by atoms with E-state index >= 15 is 0 Å². The Morgan fingerprint density at radius 2 is 1.76 bits per heavy atom. The molecule has 1 heterocycles. The number of alkyl halides is 3. The van der Waals surface area contributed by atoms with E-state index in [1.165, 1.54) is 44.9 Å². The molecule has 0 radical (unpaired) electrons. The molecular formula is C24H25F4NO4. The summed E-state index contributed by atoms with van der Waals surface area (Å²) in [7, 11) is 2.51. The molecule has 1 N–H and O–H groups in total. The van der Waals surface area contributed by atoms with E-state index in [0.717, 1.165) is 12.1 Å². The van der Waals surface area contributed by atoms with Crippen LogP contribution in [0.5, 0.6) is 5.75 Å². The van der Waals surface area contributed by atoms with E-state index in [-0.39, 0.29) is 16.9 Å². The van der Waals surface area contributed by atoms with E-state index in [1.54, 1.807) is 24.3 Å². The van der Waals surface area contributed by atoms with Crippen LogP contribution in [0.3, 0.4) is 0 Å². The first-order valence-corrected chi connectivity index (χ1v) is 10.1. The summed E-state index contributed by atoms with van der Waals surface area (Å²) >= 11 is 0. The molecule has 0 saturated heterocycles. The van der Waals surface area contributed by atoms with Gasteiger partial charge in [-0.2, -0.15) is 13.2 Å². The lowest BCUT2D eigenvalue weighted by atomic mass is 9.74. The molecule has 1 unspecified atom stereocenters. The number of esters is 1. The lowest BCUT2D eigenvalue weighted by molar-refractivity contribution is -0.271. The van der Waals surface area contributed by atoms with Crippen molar-refractivity contribution in [1.29, 1.82) is 0 Å². The van der Waals surface area contributed by atoms with Crippen LogP contribution >= 0.6 is 0 Å². The molecule has 0 amide bonds.